The van der Waals surface area contributed by atoms with Crippen LogP contribution in [0, 0.1) is 0 Å². The van der Waals surface area contributed by atoms with E-state index >= 15 is 0 Å². The van der Waals surface area contributed by atoms with E-state index in [0.29, 0.717) is 26.1 Å². The summed E-state index contributed by atoms with van der Waals surface area (Å²) in [5, 5.41) is 20.4. The van der Waals surface area contributed by atoms with Crippen LogP contribution >= 0.6 is 11.3 Å². The fraction of sp³-hybridized carbons (Fsp3) is 0.357. The molecule has 0 aliphatic carbocycles. The number of hydrogen-bond acceptors (Lipinski definition) is 6. The van der Waals surface area contributed by atoms with Crippen molar-refractivity contribution < 1.29 is 4.79 Å². The van der Waals surface area contributed by atoms with Crippen LogP contribution in [-0.2, 0) is 17.8 Å². The van der Waals surface area contributed by atoms with Gasteiger partial charge in [-0.05, 0) is 22.4 Å². The lowest BCUT2D eigenvalue weighted by Crippen LogP contribution is -2.51. The van der Waals surface area contributed by atoms with Gasteiger partial charge in [-0.15, -0.1) is 5.10 Å². The Morgan fingerprint density at radius 1 is 1.30 bits per heavy atom. The lowest BCUT2D eigenvalue weighted by Gasteiger charge is -2.38. The molecule has 3 aromatic rings. The molecule has 1 aliphatic heterocycles. The summed E-state index contributed by atoms with van der Waals surface area (Å²) in [6, 6.07) is 2.19. The predicted molar refractivity (Wildman–Crippen MR) is 82.8 cm³/mol. The molecule has 1 saturated heterocycles. The molecule has 118 valence electrons. The molecule has 0 saturated carbocycles. The van der Waals surface area contributed by atoms with Gasteiger partial charge in [0.05, 0.1) is 31.1 Å². The molecular formula is C14H15N7OS. The molecule has 4 heterocycles. The molecule has 0 N–H and O–H groups in total. The lowest BCUT2D eigenvalue weighted by atomic mass is 10.1. The van der Waals surface area contributed by atoms with E-state index in [2.05, 4.69) is 20.5 Å². The number of nitrogens with zero attached hydrogens (tertiary/aromatic N) is 7. The van der Waals surface area contributed by atoms with Gasteiger partial charge in [0.1, 0.15) is 12.2 Å². The molecule has 0 atom stereocenters. The van der Waals surface area contributed by atoms with Crippen LogP contribution in [0.2, 0.25) is 0 Å². The third kappa shape index (κ3) is 3.00. The van der Waals surface area contributed by atoms with Gasteiger partial charge >= 0.3 is 0 Å². The molecule has 0 aromatic carbocycles. The van der Waals surface area contributed by atoms with E-state index in [1.54, 1.807) is 28.5 Å². The van der Waals surface area contributed by atoms with Gasteiger partial charge < -0.3 is 4.90 Å². The largest absolute Gasteiger partial charge is 0.338 e. The summed E-state index contributed by atoms with van der Waals surface area (Å²) in [4.78, 5) is 15.6. The molecule has 9 heteroatoms. The van der Waals surface area contributed by atoms with Crippen LogP contribution in [0.5, 0.6) is 0 Å². The first-order valence-corrected chi connectivity index (χ1v) is 8.26. The Labute approximate surface area is 136 Å². The van der Waals surface area contributed by atoms with E-state index in [4.69, 9.17) is 0 Å². The zero-order valence-corrected chi connectivity index (χ0v) is 13.1. The highest BCUT2D eigenvalue weighted by Crippen LogP contribution is 2.21. The fourth-order valence-electron chi connectivity index (χ4n) is 2.54. The van der Waals surface area contributed by atoms with Crippen molar-refractivity contribution in [1.29, 1.82) is 0 Å². The van der Waals surface area contributed by atoms with E-state index < -0.39 is 0 Å². The summed E-state index contributed by atoms with van der Waals surface area (Å²) in [6.07, 6.45) is 5.64. The van der Waals surface area contributed by atoms with Gasteiger partial charge in [-0.25, -0.2) is 4.68 Å². The van der Waals surface area contributed by atoms with Crippen molar-refractivity contribution in [2.75, 3.05) is 13.1 Å². The van der Waals surface area contributed by atoms with E-state index in [0.717, 1.165) is 11.3 Å². The van der Waals surface area contributed by atoms with Crippen LogP contribution in [0.3, 0.4) is 0 Å². The van der Waals surface area contributed by atoms with Crippen LogP contribution in [0.25, 0.3) is 0 Å². The predicted octanol–water partition coefficient (Wildman–Crippen LogP) is 0.605. The number of thiophene rings is 1. The standard InChI is InChI=1S/C14H15N7OS/c22-14(5-11-1-4-23-10-11)19-8-13(9-19)20-6-12(17-18-20)7-21-15-2-3-16-21/h1-4,6,10,13H,5,7-9H2. The number of aromatic nitrogens is 6. The monoisotopic (exact) mass is 329 g/mol. The molecule has 1 amide bonds. The first-order valence-electron chi connectivity index (χ1n) is 7.31. The highest BCUT2D eigenvalue weighted by molar-refractivity contribution is 7.07. The molecule has 0 radical (unpaired) electrons. The van der Waals surface area contributed by atoms with E-state index in [-0.39, 0.29) is 11.9 Å². The molecule has 23 heavy (non-hydrogen) atoms. The highest BCUT2D eigenvalue weighted by Gasteiger charge is 2.32. The Kier molecular flexibility index (Phi) is 3.62. The van der Waals surface area contributed by atoms with Crippen LogP contribution < -0.4 is 0 Å². The number of carbonyl (C=O) groups is 1. The Hall–Kier alpha value is -2.55. The summed E-state index contributed by atoms with van der Waals surface area (Å²) in [7, 11) is 0. The second kappa shape index (κ2) is 5.92. The Bertz CT molecular complexity index is 774. The maximum absolute atomic E-state index is 12.2. The zero-order valence-electron chi connectivity index (χ0n) is 12.3. The van der Waals surface area contributed by atoms with Crippen LogP contribution in [-0.4, -0.2) is 53.9 Å². The normalized spacial score (nSPS) is 14.9. The molecule has 1 fully saturated rings. The minimum atomic E-state index is 0.167. The Morgan fingerprint density at radius 3 is 2.87 bits per heavy atom. The summed E-state index contributed by atoms with van der Waals surface area (Å²) in [5.74, 6) is 0.167. The average molecular weight is 329 g/mol. The van der Waals surface area contributed by atoms with Gasteiger partial charge in [-0.1, -0.05) is 5.21 Å². The topological polar surface area (TPSA) is 81.7 Å². The van der Waals surface area contributed by atoms with Crippen molar-refractivity contribution in [3.8, 4) is 0 Å². The SMILES string of the molecule is O=C(Cc1ccsc1)N1CC(n2cc(Cn3nccn3)nn2)C1. The third-order valence-electron chi connectivity index (χ3n) is 3.85. The minimum Gasteiger partial charge on any atom is -0.338 e. The Balaban J connectivity index is 1.31. The van der Waals surface area contributed by atoms with E-state index in [1.807, 2.05) is 32.6 Å². The molecular weight excluding hydrogens is 314 g/mol. The van der Waals surface area contributed by atoms with Gasteiger partial charge in [0, 0.05) is 13.1 Å². The maximum atomic E-state index is 12.2. The quantitative estimate of drug-likeness (QED) is 0.685. The zero-order chi connectivity index (χ0) is 15.6. The third-order valence-corrected chi connectivity index (χ3v) is 4.58. The molecule has 0 bridgehead atoms. The highest BCUT2D eigenvalue weighted by atomic mass is 32.1. The van der Waals surface area contributed by atoms with E-state index in [1.165, 1.54) is 0 Å². The van der Waals surface area contributed by atoms with Crippen LogP contribution in [0.4, 0.5) is 0 Å². The summed E-state index contributed by atoms with van der Waals surface area (Å²) in [6.45, 7) is 1.87. The van der Waals surface area contributed by atoms with Crippen molar-refractivity contribution in [3.05, 3.63) is 46.7 Å². The molecule has 4 rings (SSSR count). The summed E-state index contributed by atoms with van der Waals surface area (Å²) in [5.41, 5.74) is 1.89. The number of hydrogen-bond donors (Lipinski definition) is 0. The summed E-state index contributed by atoms with van der Waals surface area (Å²) < 4.78 is 1.83. The molecule has 8 nitrogen and oxygen atoms in total. The maximum Gasteiger partial charge on any atom is 0.227 e. The van der Waals surface area contributed by atoms with Crippen molar-refractivity contribution in [1.82, 2.24) is 34.9 Å². The van der Waals surface area contributed by atoms with Crippen LogP contribution in [0.1, 0.15) is 17.3 Å². The fourth-order valence-corrected chi connectivity index (χ4v) is 3.21. The molecule has 3 aromatic heterocycles. The van der Waals surface area contributed by atoms with Gasteiger partial charge in [0.15, 0.2) is 0 Å². The first kappa shape index (κ1) is 14.1. The number of amides is 1. The minimum absolute atomic E-state index is 0.167. The second-order valence-corrected chi connectivity index (χ2v) is 6.29. The first-order chi connectivity index (χ1) is 11.3. The van der Waals surface area contributed by atoms with Gasteiger partial charge in [0.2, 0.25) is 5.91 Å². The summed E-state index contributed by atoms with van der Waals surface area (Å²) >= 11 is 1.62. The number of likely N-dealkylation sites (tertiary alicyclic amines) is 1. The van der Waals surface area contributed by atoms with Crippen molar-refractivity contribution in [2.24, 2.45) is 0 Å². The average Bonchev–Trinajstić information content (AvgIpc) is 3.20. The van der Waals surface area contributed by atoms with Crippen LogP contribution in [0.15, 0.2) is 35.4 Å². The second-order valence-electron chi connectivity index (χ2n) is 5.51. The smallest absolute Gasteiger partial charge is 0.227 e. The van der Waals surface area contributed by atoms with Crippen molar-refractivity contribution in [3.63, 3.8) is 0 Å². The Morgan fingerprint density at radius 2 is 2.13 bits per heavy atom. The lowest BCUT2D eigenvalue weighted by molar-refractivity contribution is -0.136. The number of rotatable bonds is 5. The van der Waals surface area contributed by atoms with Crippen molar-refractivity contribution in [2.45, 2.75) is 19.0 Å². The molecule has 0 unspecified atom stereocenters. The molecule has 0 spiro atoms. The van der Waals surface area contributed by atoms with Gasteiger partial charge in [-0.2, -0.15) is 26.3 Å². The molecule has 1 aliphatic rings. The van der Waals surface area contributed by atoms with E-state index in [9.17, 15) is 4.79 Å². The van der Waals surface area contributed by atoms with Gasteiger partial charge in [0.25, 0.3) is 0 Å². The van der Waals surface area contributed by atoms with Gasteiger partial charge in [-0.3, -0.25) is 4.79 Å². The number of carbonyl (C=O) groups excluding carboxylic acids is 1. The van der Waals surface area contributed by atoms with Crippen molar-refractivity contribution >= 4 is 17.2 Å².